The highest BCUT2D eigenvalue weighted by molar-refractivity contribution is 6.39. The number of halogens is 2. The number of anilines is 2. The summed E-state index contributed by atoms with van der Waals surface area (Å²) >= 11 is 5.70. The van der Waals surface area contributed by atoms with E-state index in [2.05, 4.69) is 21.2 Å². The van der Waals surface area contributed by atoms with Gasteiger partial charge in [-0.05, 0) is 66.6 Å². The fourth-order valence-corrected chi connectivity index (χ4v) is 3.04. The van der Waals surface area contributed by atoms with E-state index in [-0.39, 0.29) is 11.6 Å². The minimum atomic E-state index is -0.951. The maximum absolute atomic E-state index is 13.2. The molecule has 0 bridgehead atoms. The van der Waals surface area contributed by atoms with Crippen molar-refractivity contribution in [2.75, 3.05) is 23.8 Å². The summed E-state index contributed by atoms with van der Waals surface area (Å²) in [7, 11) is 0. The van der Waals surface area contributed by atoms with Crippen molar-refractivity contribution in [3.8, 4) is 11.5 Å². The molecule has 0 aliphatic heterocycles. The van der Waals surface area contributed by atoms with Crippen molar-refractivity contribution in [2.24, 2.45) is 5.10 Å². The smallest absolute Gasteiger partial charge is 0.329 e. The first-order chi connectivity index (χ1) is 17.8. The van der Waals surface area contributed by atoms with E-state index < -0.39 is 23.5 Å². The van der Waals surface area contributed by atoms with E-state index in [0.29, 0.717) is 35.0 Å². The van der Waals surface area contributed by atoms with Crippen molar-refractivity contribution in [3.63, 3.8) is 0 Å². The predicted octanol–water partition coefficient (Wildman–Crippen LogP) is 4.37. The summed E-state index contributed by atoms with van der Waals surface area (Å²) in [6, 6.07) is 17.0. The van der Waals surface area contributed by atoms with Crippen molar-refractivity contribution in [1.82, 2.24) is 5.43 Å². The van der Waals surface area contributed by atoms with Crippen LogP contribution in [-0.4, -0.2) is 37.1 Å². The van der Waals surface area contributed by atoms with Crippen LogP contribution < -0.4 is 25.5 Å². The Labute approximate surface area is 217 Å². The lowest BCUT2D eigenvalue weighted by molar-refractivity contribution is -0.136. The molecule has 9 nitrogen and oxygen atoms in total. The molecule has 0 atom stereocenters. The monoisotopic (exact) mass is 526 g/mol. The van der Waals surface area contributed by atoms with Crippen molar-refractivity contribution < 1.29 is 28.2 Å². The summed E-state index contributed by atoms with van der Waals surface area (Å²) in [5.41, 5.74) is 3.46. The van der Waals surface area contributed by atoms with Crippen LogP contribution >= 0.6 is 11.6 Å². The highest BCUT2D eigenvalue weighted by Crippen LogP contribution is 2.19. The summed E-state index contributed by atoms with van der Waals surface area (Å²) in [5, 5.41) is 8.68. The summed E-state index contributed by atoms with van der Waals surface area (Å²) in [6.07, 6.45) is 2.20. The van der Waals surface area contributed by atoms with Gasteiger partial charge in [0.2, 0.25) is 0 Å². The Kier molecular flexibility index (Phi) is 9.98. The summed E-state index contributed by atoms with van der Waals surface area (Å²) in [4.78, 5) is 36.2. The van der Waals surface area contributed by atoms with Crippen LogP contribution in [0.4, 0.5) is 15.8 Å². The summed E-state index contributed by atoms with van der Waals surface area (Å²) in [6.45, 7) is 2.28. The zero-order valence-electron chi connectivity index (χ0n) is 19.8. The van der Waals surface area contributed by atoms with Crippen molar-refractivity contribution in [2.45, 2.75) is 13.3 Å². The molecule has 3 aromatic carbocycles. The molecule has 0 spiro atoms. The first-order valence-corrected chi connectivity index (χ1v) is 11.6. The third kappa shape index (κ3) is 8.93. The molecule has 0 saturated heterocycles. The minimum absolute atomic E-state index is 0.109. The molecule has 192 valence electrons. The van der Waals surface area contributed by atoms with Crippen LogP contribution in [0, 0.1) is 5.82 Å². The highest BCUT2D eigenvalue weighted by atomic mass is 35.5. The number of benzene rings is 3. The largest absolute Gasteiger partial charge is 0.494 e. The molecular formula is C26H24ClFN4O5. The summed E-state index contributed by atoms with van der Waals surface area (Å²) in [5.74, 6) is -1.86. The molecule has 3 rings (SSSR count). The standard InChI is InChI=1S/C26H24ClFN4O5/c1-2-12-36-20-9-6-18(7-10-20)31-25(34)26(35)32-29-15-17-4-3-5-21(13-17)37-16-24(33)30-19-8-11-23(28)22(27)14-19/h3-11,13-15H,2,12,16H2,1H3,(H,30,33)(H,31,34)(H,32,35)/b29-15-. The zero-order valence-corrected chi connectivity index (χ0v) is 20.5. The number of hydrogen-bond acceptors (Lipinski definition) is 6. The predicted molar refractivity (Wildman–Crippen MR) is 139 cm³/mol. The summed E-state index contributed by atoms with van der Waals surface area (Å²) < 4.78 is 24.1. The second-order valence-electron chi connectivity index (χ2n) is 7.56. The van der Waals surface area contributed by atoms with E-state index >= 15 is 0 Å². The Morgan fingerprint density at radius 3 is 2.41 bits per heavy atom. The molecule has 0 aliphatic carbocycles. The topological polar surface area (TPSA) is 118 Å². The van der Waals surface area contributed by atoms with Gasteiger partial charge in [0.25, 0.3) is 5.91 Å². The number of hydrogen-bond donors (Lipinski definition) is 3. The van der Waals surface area contributed by atoms with E-state index in [1.54, 1.807) is 48.5 Å². The molecule has 37 heavy (non-hydrogen) atoms. The number of nitrogens with zero attached hydrogens (tertiary/aromatic N) is 1. The van der Waals surface area contributed by atoms with E-state index in [9.17, 15) is 18.8 Å². The van der Waals surface area contributed by atoms with Gasteiger partial charge in [-0.3, -0.25) is 14.4 Å². The third-order valence-corrected chi connectivity index (χ3v) is 4.89. The Balaban J connectivity index is 1.45. The average molecular weight is 527 g/mol. The quantitative estimate of drug-likeness (QED) is 0.206. The highest BCUT2D eigenvalue weighted by Gasteiger charge is 2.13. The molecule has 0 aliphatic rings. The first kappa shape index (κ1) is 27.2. The number of amides is 3. The molecule has 0 fully saturated rings. The molecule has 3 aromatic rings. The van der Waals surface area contributed by atoms with E-state index in [0.717, 1.165) is 12.5 Å². The van der Waals surface area contributed by atoms with Crippen LogP contribution in [0.15, 0.2) is 71.8 Å². The third-order valence-electron chi connectivity index (χ3n) is 4.60. The van der Waals surface area contributed by atoms with Crippen LogP contribution in [0.1, 0.15) is 18.9 Å². The Hall–Kier alpha value is -4.44. The van der Waals surface area contributed by atoms with Gasteiger partial charge >= 0.3 is 11.8 Å². The van der Waals surface area contributed by atoms with Crippen LogP contribution in [0.3, 0.4) is 0 Å². The Morgan fingerprint density at radius 2 is 1.68 bits per heavy atom. The molecule has 0 radical (unpaired) electrons. The van der Waals surface area contributed by atoms with Crippen molar-refractivity contribution >= 4 is 46.9 Å². The van der Waals surface area contributed by atoms with Gasteiger partial charge in [0.1, 0.15) is 17.3 Å². The van der Waals surface area contributed by atoms with Crippen molar-refractivity contribution in [1.29, 1.82) is 0 Å². The molecule has 0 unspecified atom stereocenters. The molecule has 11 heteroatoms. The van der Waals surface area contributed by atoms with Crippen molar-refractivity contribution in [3.05, 3.63) is 83.1 Å². The lowest BCUT2D eigenvalue weighted by atomic mass is 10.2. The molecule has 0 heterocycles. The fourth-order valence-electron chi connectivity index (χ4n) is 2.86. The number of ether oxygens (including phenoxy) is 2. The molecule has 3 amide bonds. The maximum atomic E-state index is 13.2. The van der Waals surface area contributed by atoms with E-state index in [4.69, 9.17) is 21.1 Å². The number of hydrazone groups is 1. The van der Waals surface area contributed by atoms with Crippen LogP contribution in [0.25, 0.3) is 0 Å². The van der Waals surface area contributed by atoms with Gasteiger partial charge in [0.15, 0.2) is 6.61 Å². The lowest BCUT2D eigenvalue weighted by Crippen LogP contribution is -2.32. The second-order valence-corrected chi connectivity index (χ2v) is 7.97. The SMILES string of the molecule is CCCOc1ccc(NC(=O)C(=O)N/N=C\c2cccc(OCC(=O)Nc3ccc(F)c(Cl)c3)c2)cc1. The van der Waals surface area contributed by atoms with Gasteiger partial charge in [0.05, 0.1) is 17.8 Å². The Morgan fingerprint density at radius 1 is 0.919 bits per heavy atom. The van der Waals surface area contributed by atoms with E-state index in [1.165, 1.54) is 18.3 Å². The van der Waals surface area contributed by atoms with Gasteiger partial charge < -0.3 is 20.1 Å². The maximum Gasteiger partial charge on any atom is 0.329 e. The normalized spacial score (nSPS) is 10.6. The number of nitrogens with one attached hydrogen (secondary N) is 3. The van der Waals surface area contributed by atoms with Gasteiger partial charge in [0, 0.05) is 11.4 Å². The lowest BCUT2D eigenvalue weighted by Gasteiger charge is -2.08. The van der Waals surface area contributed by atoms with Gasteiger partial charge in [-0.2, -0.15) is 5.10 Å². The van der Waals surface area contributed by atoms with Crippen LogP contribution in [0.5, 0.6) is 11.5 Å². The fraction of sp³-hybridized carbons (Fsp3) is 0.154. The number of carbonyl (C=O) groups excluding carboxylic acids is 3. The molecular weight excluding hydrogens is 503 g/mol. The number of carbonyl (C=O) groups is 3. The Bertz CT molecular complexity index is 1280. The van der Waals surface area contributed by atoms with Crippen LogP contribution in [0.2, 0.25) is 5.02 Å². The number of rotatable bonds is 10. The van der Waals surface area contributed by atoms with E-state index in [1.807, 2.05) is 6.92 Å². The van der Waals surface area contributed by atoms with Gasteiger partial charge in [-0.1, -0.05) is 30.7 Å². The minimum Gasteiger partial charge on any atom is -0.494 e. The van der Waals surface area contributed by atoms with Gasteiger partial charge in [-0.15, -0.1) is 0 Å². The second kappa shape index (κ2) is 13.6. The van der Waals surface area contributed by atoms with Gasteiger partial charge in [-0.25, -0.2) is 9.82 Å². The zero-order chi connectivity index (χ0) is 26.6. The molecule has 0 saturated carbocycles. The molecule has 0 aromatic heterocycles. The average Bonchev–Trinajstić information content (AvgIpc) is 2.89. The molecule has 3 N–H and O–H groups in total. The van der Waals surface area contributed by atoms with Crippen LogP contribution in [-0.2, 0) is 14.4 Å². The first-order valence-electron chi connectivity index (χ1n) is 11.2.